The van der Waals surface area contributed by atoms with Crippen LogP contribution in [0.2, 0.25) is 10.0 Å². The Morgan fingerprint density at radius 3 is 2.86 bits per heavy atom. The molecule has 0 fully saturated rings. The quantitative estimate of drug-likeness (QED) is 0.571. The number of Topliss-reactive ketones (excluding diaryl/α,β-unsaturated/α-hetero) is 1. The molecule has 0 spiro atoms. The molecule has 0 saturated carbocycles. The molecule has 1 aromatic carbocycles. The highest BCUT2D eigenvalue weighted by Crippen LogP contribution is 2.24. The number of benzene rings is 1. The predicted molar refractivity (Wildman–Crippen MR) is 85.4 cm³/mol. The van der Waals surface area contributed by atoms with Crippen LogP contribution in [0.1, 0.15) is 10.4 Å². The molecule has 0 aliphatic rings. The molecule has 106 valence electrons. The number of pyridine rings is 1. The second kappa shape index (κ2) is 6.05. The van der Waals surface area contributed by atoms with Gasteiger partial charge in [-0.05, 0) is 30.3 Å². The monoisotopic (exact) mass is 337 g/mol. The van der Waals surface area contributed by atoms with Crippen LogP contribution in [0.4, 0.5) is 0 Å². The van der Waals surface area contributed by atoms with Gasteiger partial charge in [0.25, 0.3) is 0 Å². The predicted octanol–water partition coefficient (Wildman–Crippen LogP) is 4.24. The third kappa shape index (κ3) is 3.20. The van der Waals surface area contributed by atoms with Crippen molar-refractivity contribution >= 4 is 51.9 Å². The minimum atomic E-state index is -0.0352. The van der Waals surface area contributed by atoms with Crippen molar-refractivity contribution in [2.45, 2.75) is 5.16 Å². The van der Waals surface area contributed by atoms with E-state index >= 15 is 0 Å². The largest absolute Gasteiger partial charge is 0.332 e. The Balaban J connectivity index is 1.71. The maximum atomic E-state index is 12.1. The van der Waals surface area contributed by atoms with Crippen LogP contribution >= 0.6 is 35.0 Å². The molecule has 0 saturated heterocycles. The lowest BCUT2D eigenvalue weighted by Gasteiger charge is -2.01. The maximum absolute atomic E-state index is 12.1. The lowest BCUT2D eigenvalue weighted by molar-refractivity contribution is 0.102. The number of nitrogens with zero attached hydrogens (tertiary/aromatic N) is 2. The summed E-state index contributed by atoms with van der Waals surface area (Å²) in [4.78, 5) is 23.7. The van der Waals surface area contributed by atoms with Crippen molar-refractivity contribution < 1.29 is 4.79 Å². The molecule has 0 bridgehead atoms. The number of carbonyl (C=O) groups is 1. The van der Waals surface area contributed by atoms with E-state index in [1.165, 1.54) is 11.8 Å². The smallest absolute Gasteiger partial charge is 0.178 e. The summed E-state index contributed by atoms with van der Waals surface area (Å²) in [5, 5.41) is 1.47. The van der Waals surface area contributed by atoms with Gasteiger partial charge in [0.15, 0.2) is 16.6 Å². The number of hydrogen-bond acceptors (Lipinski definition) is 4. The molecule has 21 heavy (non-hydrogen) atoms. The number of thioether (sulfide) groups is 1. The molecule has 3 rings (SSSR count). The zero-order valence-electron chi connectivity index (χ0n) is 10.6. The van der Waals surface area contributed by atoms with E-state index in [1.807, 2.05) is 12.1 Å². The van der Waals surface area contributed by atoms with Gasteiger partial charge in [-0.25, -0.2) is 9.97 Å². The number of imidazole rings is 1. The number of carbonyl (C=O) groups excluding carboxylic acids is 1. The molecule has 0 amide bonds. The molecule has 0 unspecified atom stereocenters. The average molecular weight is 338 g/mol. The molecule has 0 atom stereocenters. The van der Waals surface area contributed by atoms with Crippen molar-refractivity contribution in [3.63, 3.8) is 0 Å². The Hall–Kier alpha value is -1.56. The van der Waals surface area contributed by atoms with Gasteiger partial charge >= 0.3 is 0 Å². The van der Waals surface area contributed by atoms with E-state index in [0.717, 1.165) is 5.52 Å². The molecule has 1 N–H and O–H groups in total. The van der Waals surface area contributed by atoms with Gasteiger partial charge in [-0.15, -0.1) is 0 Å². The Labute approximate surface area is 134 Å². The van der Waals surface area contributed by atoms with Crippen molar-refractivity contribution in [3.05, 3.63) is 52.1 Å². The first-order valence-corrected chi connectivity index (χ1v) is 7.79. The van der Waals surface area contributed by atoms with Crippen molar-refractivity contribution in [2.75, 3.05) is 5.75 Å². The van der Waals surface area contributed by atoms with E-state index in [-0.39, 0.29) is 11.5 Å². The van der Waals surface area contributed by atoms with Gasteiger partial charge in [-0.1, -0.05) is 35.0 Å². The molecule has 3 aromatic rings. The first-order valence-electron chi connectivity index (χ1n) is 6.05. The number of halogens is 2. The molecule has 2 heterocycles. The molecular weight excluding hydrogens is 329 g/mol. The molecule has 7 heteroatoms. The van der Waals surface area contributed by atoms with Crippen molar-refractivity contribution in [1.29, 1.82) is 0 Å². The maximum Gasteiger partial charge on any atom is 0.178 e. The van der Waals surface area contributed by atoms with Gasteiger partial charge in [0.2, 0.25) is 0 Å². The van der Waals surface area contributed by atoms with Crippen LogP contribution in [0.3, 0.4) is 0 Å². The average Bonchev–Trinajstić information content (AvgIpc) is 2.90. The summed E-state index contributed by atoms with van der Waals surface area (Å²) in [5.74, 6) is 0.226. The van der Waals surface area contributed by atoms with Crippen LogP contribution in [-0.4, -0.2) is 26.5 Å². The highest BCUT2D eigenvalue weighted by molar-refractivity contribution is 7.99. The third-order valence-electron chi connectivity index (χ3n) is 2.82. The molecule has 0 aliphatic carbocycles. The summed E-state index contributed by atoms with van der Waals surface area (Å²) in [6.45, 7) is 0. The number of H-pyrrole nitrogens is 1. The van der Waals surface area contributed by atoms with Crippen LogP contribution < -0.4 is 0 Å². The first kappa shape index (κ1) is 14.4. The Morgan fingerprint density at radius 2 is 2.10 bits per heavy atom. The van der Waals surface area contributed by atoms with Crippen molar-refractivity contribution in [2.24, 2.45) is 0 Å². The van der Waals surface area contributed by atoms with E-state index in [4.69, 9.17) is 23.2 Å². The zero-order chi connectivity index (χ0) is 14.8. The van der Waals surface area contributed by atoms with Crippen LogP contribution in [0, 0.1) is 0 Å². The fraction of sp³-hybridized carbons (Fsp3) is 0.0714. The van der Waals surface area contributed by atoms with E-state index in [1.54, 1.807) is 24.4 Å². The van der Waals surface area contributed by atoms with Crippen molar-refractivity contribution in [3.8, 4) is 0 Å². The lowest BCUT2D eigenvalue weighted by atomic mass is 10.1. The number of hydrogen-bond donors (Lipinski definition) is 1. The minimum Gasteiger partial charge on any atom is -0.332 e. The summed E-state index contributed by atoms with van der Waals surface area (Å²) in [7, 11) is 0. The molecule has 0 aliphatic heterocycles. The standard InChI is InChI=1S/C14H9Cl2N3OS/c15-9-4-3-8(6-10(9)16)12(20)7-21-14-18-11-2-1-5-17-13(11)19-14/h1-6H,7H2,(H,17,18,19). The Bertz CT molecular complexity index is 786. The van der Waals surface area contributed by atoms with Crippen LogP contribution in [0.25, 0.3) is 11.2 Å². The summed E-state index contributed by atoms with van der Waals surface area (Å²) in [6.07, 6.45) is 1.68. The first-order chi connectivity index (χ1) is 10.1. The number of rotatable bonds is 4. The summed E-state index contributed by atoms with van der Waals surface area (Å²) >= 11 is 13.1. The van der Waals surface area contributed by atoms with Gasteiger partial charge in [-0.2, -0.15) is 0 Å². The molecule has 2 aromatic heterocycles. The molecular formula is C14H9Cl2N3OS. The second-order valence-electron chi connectivity index (χ2n) is 4.26. The van der Waals surface area contributed by atoms with E-state index in [2.05, 4.69) is 15.0 Å². The number of nitrogens with one attached hydrogen (secondary N) is 1. The van der Waals surface area contributed by atoms with Crippen molar-refractivity contribution in [1.82, 2.24) is 15.0 Å². The highest BCUT2D eigenvalue weighted by atomic mass is 35.5. The van der Waals surface area contributed by atoms with E-state index in [9.17, 15) is 4.79 Å². The molecule has 0 radical (unpaired) electrons. The van der Waals surface area contributed by atoms with Gasteiger partial charge in [0, 0.05) is 11.8 Å². The van der Waals surface area contributed by atoms with Crippen LogP contribution in [0.15, 0.2) is 41.7 Å². The Morgan fingerprint density at radius 1 is 1.24 bits per heavy atom. The number of fused-ring (bicyclic) bond motifs is 1. The summed E-state index contributed by atoms with van der Waals surface area (Å²) < 4.78 is 0. The minimum absolute atomic E-state index is 0.0352. The van der Waals surface area contributed by atoms with Gasteiger partial charge in [0.1, 0.15) is 0 Å². The number of ketones is 1. The number of aromatic nitrogens is 3. The Kier molecular flexibility index (Phi) is 4.14. The number of aromatic amines is 1. The van der Waals surface area contributed by atoms with Crippen LogP contribution in [0.5, 0.6) is 0 Å². The SMILES string of the molecule is O=C(CSc1nc2ncccc2[nH]1)c1ccc(Cl)c(Cl)c1. The zero-order valence-corrected chi connectivity index (χ0v) is 13.0. The third-order valence-corrected chi connectivity index (χ3v) is 4.43. The van der Waals surface area contributed by atoms with Gasteiger partial charge < -0.3 is 4.98 Å². The van der Waals surface area contributed by atoms with E-state index < -0.39 is 0 Å². The normalized spacial score (nSPS) is 11.0. The van der Waals surface area contributed by atoms with E-state index in [0.29, 0.717) is 26.4 Å². The highest BCUT2D eigenvalue weighted by Gasteiger charge is 2.11. The molecule has 4 nitrogen and oxygen atoms in total. The second-order valence-corrected chi connectivity index (χ2v) is 6.04. The summed E-state index contributed by atoms with van der Waals surface area (Å²) in [5.41, 5.74) is 2.02. The van der Waals surface area contributed by atoms with Gasteiger partial charge in [0.05, 0.1) is 21.3 Å². The lowest BCUT2D eigenvalue weighted by Crippen LogP contribution is -2.02. The van der Waals surface area contributed by atoms with Gasteiger partial charge in [-0.3, -0.25) is 4.79 Å². The summed E-state index contributed by atoms with van der Waals surface area (Å²) in [6, 6.07) is 8.58. The fourth-order valence-corrected chi connectivity index (χ4v) is 2.84. The fourth-order valence-electron chi connectivity index (χ4n) is 1.78. The topological polar surface area (TPSA) is 58.6 Å². The van der Waals surface area contributed by atoms with Crippen LogP contribution in [-0.2, 0) is 0 Å².